The number of nitrogens with zero attached hydrogens (tertiary/aromatic N) is 2. The van der Waals surface area contributed by atoms with Gasteiger partial charge in [0.05, 0.1) is 6.04 Å². The first-order chi connectivity index (χ1) is 10.5. The van der Waals surface area contributed by atoms with E-state index >= 15 is 0 Å². The van der Waals surface area contributed by atoms with Gasteiger partial charge in [-0.3, -0.25) is 19.9 Å². The number of amides is 3. The molecule has 1 aliphatic rings. The first-order valence-corrected chi connectivity index (χ1v) is 7.58. The van der Waals surface area contributed by atoms with Gasteiger partial charge in [0.2, 0.25) is 5.91 Å². The van der Waals surface area contributed by atoms with Gasteiger partial charge in [-0.1, -0.05) is 24.3 Å². The van der Waals surface area contributed by atoms with E-state index in [-0.39, 0.29) is 11.9 Å². The number of urea groups is 1. The zero-order chi connectivity index (χ0) is 16.1. The summed E-state index contributed by atoms with van der Waals surface area (Å²) in [7, 11) is 0. The summed E-state index contributed by atoms with van der Waals surface area (Å²) in [5.74, 6) is -0.333. The van der Waals surface area contributed by atoms with Gasteiger partial charge in [-0.2, -0.15) is 0 Å². The molecule has 120 valence electrons. The number of benzene rings is 1. The van der Waals surface area contributed by atoms with Crippen LogP contribution in [0.15, 0.2) is 24.3 Å². The third kappa shape index (κ3) is 4.29. The highest BCUT2D eigenvalue weighted by molar-refractivity contribution is 5.96. The van der Waals surface area contributed by atoms with Gasteiger partial charge < -0.3 is 5.73 Å². The highest BCUT2D eigenvalue weighted by Gasteiger charge is 2.26. The molecule has 3 amide bonds. The van der Waals surface area contributed by atoms with E-state index in [1.807, 2.05) is 0 Å². The summed E-state index contributed by atoms with van der Waals surface area (Å²) in [4.78, 5) is 27.0. The van der Waals surface area contributed by atoms with Gasteiger partial charge in [-0.05, 0) is 25.0 Å². The minimum Gasteiger partial charge on any atom is -0.351 e. The molecule has 1 aromatic carbocycles. The summed E-state index contributed by atoms with van der Waals surface area (Å²) < 4.78 is 0. The van der Waals surface area contributed by atoms with Crippen molar-refractivity contribution in [3.8, 4) is 0 Å². The number of rotatable bonds is 4. The van der Waals surface area contributed by atoms with Crippen molar-refractivity contribution in [2.45, 2.75) is 26.4 Å². The lowest BCUT2D eigenvalue weighted by molar-refractivity contribution is -0.125. The summed E-state index contributed by atoms with van der Waals surface area (Å²) in [5.41, 5.74) is 7.63. The van der Waals surface area contributed by atoms with Crippen LogP contribution >= 0.6 is 0 Å². The van der Waals surface area contributed by atoms with Crippen molar-refractivity contribution in [3.05, 3.63) is 35.4 Å². The monoisotopic (exact) mass is 304 g/mol. The molecule has 0 aromatic heterocycles. The van der Waals surface area contributed by atoms with Gasteiger partial charge in [0.1, 0.15) is 0 Å². The van der Waals surface area contributed by atoms with E-state index in [1.165, 1.54) is 11.1 Å². The second-order valence-electron chi connectivity index (χ2n) is 5.77. The Morgan fingerprint density at radius 2 is 1.86 bits per heavy atom. The lowest BCUT2D eigenvalue weighted by Gasteiger charge is -2.37. The largest absolute Gasteiger partial charge is 0.351 e. The minimum absolute atomic E-state index is 0.333. The molecule has 6 heteroatoms. The summed E-state index contributed by atoms with van der Waals surface area (Å²) in [6.45, 7) is 8.28. The number of hydrogen-bond acceptors (Lipinski definition) is 4. The molecule has 1 fully saturated rings. The molecule has 0 saturated carbocycles. The van der Waals surface area contributed by atoms with Crippen molar-refractivity contribution in [2.75, 3.05) is 26.2 Å². The summed E-state index contributed by atoms with van der Waals surface area (Å²) in [5, 5.41) is 2.14. The number of aryl methyl sites for hydroxylation is 1. The SMILES string of the molecule is Cc1ccccc1CN1CCN(C(C)C(=O)NC(N)=O)CC1. The van der Waals surface area contributed by atoms with Gasteiger partial charge in [0.25, 0.3) is 0 Å². The zero-order valence-corrected chi connectivity index (χ0v) is 13.2. The predicted molar refractivity (Wildman–Crippen MR) is 85.2 cm³/mol. The van der Waals surface area contributed by atoms with Crippen LogP contribution in [-0.2, 0) is 11.3 Å². The van der Waals surface area contributed by atoms with Crippen LogP contribution in [0.25, 0.3) is 0 Å². The molecule has 1 heterocycles. The van der Waals surface area contributed by atoms with Gasteiger partial charge in [-0.15, -0.1) is 0 Å². The Hall–Kier alpha value is -1.92. The summed E-state index contributed by atoms with van der Waals surface area (Å²) in [6, 6.07) is 7.26. The van der Waals surface area contributed by atoms with E-state index in [2.05, 4.69) is 46.3 Å². The molecule has 1 aromatic rings. The number of nitrogens with one attached hydrogen (secondary N) is 1. The fraction of sp³-hybridized carbons (Fsp3) is 0.500. The topological polar surface area (TPSA) is 78.7 Å². The molecule has 1 saturated heterocycles. The first kappa shape index (κ1) is 16.5. The molecule has 0 radical (unpaired) electrons. The Labute approximate surface area is 131 Å². The molecular weight excluding hydrogens is 280 g/mol. The van der Waals surface area contributed by atoms with Crippen molar-refractivity contribution in [2.24, 2.45) is 5.73 Å². The molecule has 1 unspecified atom stereocenters. The van der Waals surface area contributed by atoms with Crippen molar-refractivity contribution in [1.29, 1.82) is 0 Å². The van der Waals surface area contributed by atoms with E-state index in [4.69, 9.17) is 5.73 Å². The molecular formula is C16H24N4O2. The second kappa shape index (κ2) is 7.38. The number of hydrogen-bond donors (Lipinski definition) is 2. The van der Waals surface area contributed by atoms with Gasteiger partial charge >= 0.3 is 6.03 Å². The molecule has 0 spiro atoms. The Kier molecular flexibility index (Phi) is 5.51. The number of primary amides is 1. The molecule has 6 nitrogen and oxygen atoms in total. The van der Waals surface area contributed by atoms with Crippen LogP contribution in [0.5, 0.6) is 0 Å². The highest BCUT2D eigenvalue weighted by Crippen LogP contribution is 2.13. The normalized spacial score (nSPS) is 17.9. The maximum Gasteiger partial charge on any atom is 0.318 e. The van der Waals surface area contributed by atoms with E-state index in [1.54, 1.807) is 6.92 Å². The number of carbonyl (C=O) groups excluding carboxylic acids is 2. The highest BCUT2D eigenvalue weighted by atomic mass is 16.2. The second-order valence-corrected chi connectivity index (χ2v) is 5.77. The number of piperazine rings is 1. The van der Waals surface area contributed by atoms with E-state index in [9.17, 15) is 9.59 Å². The Bertz CT molecular complexity index is 539. The van der Waals surface area contributed by atoms with Crippen molar-refractivity contribution < 1.29 is 9.59 Å². The molecule has 1 aliphatic heterocycles. The molecule has 1 atom stereocenters. The number of carbonyl (C=O) groups is 2. The fourth-order valence-electron chi connectivity index (χ4n) is 2.73. The van der Waals surface area contributed by atoms with Crippen molar-refractivity contribution in [3.63, 3.8) is 0 Å². The maximum absolute atomic E-state index is 11.8. The fourth-order valence-corrected chi connectivity index (χ4v) is 2.73. The van der Waals surface area contributed by atoms with Crippen LogP contribution in [-0.4, -0.2) is 54.0 Å². The minimum atomic E-state index is -0.796. The average molecular weight is 304 g/mol. The van der Waals surface area contributed by atoms with Crippen LogP contribution < -0.4 is 11.1 Å². The lowest BCUT2D eigenvalue weighted by atomic mass is 10.1. The van der Waals surface area contributed by atoms with Crippen molar-refractivity contribution >= 4 is 11.9 Å². The first-order valence-electron chi connectivity index (χ1n) is 7.58. The smallest absolute Gasteiger partial charge is 0.318 e. The Morgan fingerprint density at radius 3 is 2.45 bits per heavy atom. The predicted octanol–water partition coefficient (Wildman–Crippen LogP) is 0.696. The maximum atomic E-state index is 11.8. The standard InChI is InChI=1S/C16H24N4O2/c1-12-5-3-4-6-14(12)11-19-7-9-20(10-8-19)13(2)15(21)18-16(17)22/h3-6,13H,7-11H2,1-2H3,(H3,17,18,21,22). The molecule has 3 N–H and O–H groups in total. The third-order valence-electron chi connectivity index (χ3n) is 4.24. The molecule has 22 heavy (non-hydrogen) atoms. The Morgan fingerprint density at radius 1 is 1.23 bits per heavy atom. The van der Waals surface area contributed by atoms with Crippen LogP contribution in [0, 0.1) is 6.92 Å². The summed E-state index contributed by atoms with van der Waals surface area (Å²) >= 11 is 0. The lowest BCUT2D eigenvalue weighted by Crippen LogP contribution is -2.54. The van der Waals surface area contributed by atoms with E-state index < -0.39 is 6.03 Å². The molecule has 0 aliphatic carbocycles. The Balaban J connectivity index is 1.84. The number of imide groups is 1. The van der Waals surface area contributed by atoms with Gasteiger partial charge in [0.15, 0.2) is 0 Å². The zero-order valence-electron chi connectivity index (χ0n) is 13.2. The van der Waals surface area contributed by atoms with Crippen LogP contribution in [0.1, 0.15) is 18.1 Å². The van der Waals surface area contributed by atoms with Crippen LogP contribution in [0.4, 0.5) is 4.79 Å². The summed E-state index contributed by atoms with van der Waals surface area (Å²) in [6.07, 6.45) is 0. The van der Waals surface area contributed by atoms with Gasteiger partial charge in [-0.25, -0.2) is 4.79 Å². The molecule has 2 rings (SSSR count). The van der Waals surface area contributed by atoms with E-state index in [0.717, 1.165) is 32.7 Å². The van der Waals surface area contributed by atoms with E-state index in [0.29, 0.717) is 0 Å². The number of nitrogens with two attached hydrogens (primary N) is 1. The third-order valence-corrected chi connectivity index (χ3v) is 4.24. The molecule has 0 bridgehead atoms. The average Bonchev–Trinajstić information content (AvgIpc) is 2.49. The van der Waals surface area contributed by atoms with Crippen LogP contribution in [0.3, 0.4) is 0 Å². The quantitative estimate of drug-likeness (QED) is 0.858. The van der Waals surface area contributed by atoms with Crippen LogP contribution in [0.2, 0.25) is 0 Å². The van der Waals surface area contributed by atoms with Crippen molar-refractivity contribution in [1.82, 2.24) is 15.1 Å². The van der Waals surface area contributed by atoms with Gasteiger partial charge in [0, 0.05) is 32.7 Å².